The van der Waals surface area contributed by atoms with Gasteiger partial charge in [0.1, 0.15) is 5.82 Å². The molecule has 2 rings (SSSR count). The van der Waals surface area contributed by atoms with E-state index in [0.29, 0.717) is 0 Å². The van der Waals surface area contributed by atoms with Gasteiger partial charge in [0, 0.05) is 11.9 Å². The van der Waals surface area contributed by atoms with Crippen molar-refractivity contribution in [2.45, 2.75) is 20.3 Å². The molecule has 0 atom stereocenters. The Morgan fingerprint density at radius 3 is 2.68 bits per heavy atom. The SMILES string of the molecule is Cc1cc(-c2cc(F)c(CC(=O)O)cc2C)ccn1. The summed E-state index contributed by atoms with van der Waals surface area (Å²) in [6.07, 6.45) is 1.37. The molecule has 0 spiro atoms. The number of pyridine rings is 1. The summed E-state index contributed by atoms with van der Waals surface area (Å²) in [4.78, 5) is 14.8. The highest BCUT2D eigenvalue weighted by Gasteiger charge is 2.11. The average molecular weight is 259 g/mol. The minimum Gasteiger partial charge on any atom is -0.481 e. The number of hydrogen-bond acceptors (Lipinski definition) is 2. The maximum absolute atomic E-state index is 13.9. The number of carbonyl (C=O) groups is 1. The number of aryl methyl sites for hydroxylation is 2. The second-order valence-electron chi connectivity index (χ2n) is 4.51. The molecular formula is C15H14FNO2. The van der Waals surface area contributed by atoms with Gasteiger partial charge in [-0.05, 0) is 54.3 Å². The zero-order valence-electron chi connectivity index (χ0n) is 10.8. The quantitative estimate of drug-likeness (QED) is 0.921. The van der Waals surface area contributed by atoms with Gasteiger partial charge >= 0.3 is 5.97 Å². The Hall–Kier alpha value is -2.23. The molecule has 1 N–H and O–H groups in total. The molecule has 1 aromatic heterocycles. The van der Waals surface area contributed by atoms with Crippen LogP contribution in [0.4, 0.5) is 4.39 Å². The number of aliphatic carboxylic acids is 1. The van der Waals surface area contributed by atoms with Crippen LogP contribution in [-0.2, 0) is 11.2 Å². The van der Waals surface area contributed by atoms with Gasteiger partial charge in [0.15, 0.2) is 0 Å². The van der Waals surface area contributed by atoms with Gasteiger partial charge in [0.25, 0.3) is 0 Å². The Kier molecular flexibility index (Phi) is 3.60. The average Bonchev–Trinajstić information content (AvgIpc) is 2.32. The van der Waals surface area contributed by atoms with Gasteiger partial charge in [0.05, 0.1) is 6.42 Å². The molecule has 2 aromatic rings. The zero-order chi connectivity index (χ0) is 14.0. The van der Waals surface area contributed by atoms with Crippen molar-refractivity contribution in [1.29, 1.82) is 0 Å². The summed E-state index contributed by atoms with van der Waals surface area (Å²) >= 11 is 0. The van der Waals surface area contributed by atoms with E-state index in [1.807, 2.05) is 26.0 Å². The number of nitrogens with zero attached hydrogens (tertiary/aromatic N) is 1. The molecule has 0 amide bonds. The second kappa shape index (κ2) is 5.18. The van der Waals surface area contributed by atoms with Crippen molar-refractivity contribution in [3.05, 3.63) is 53.1 Å². The van der Waals surface area contributed by atoms with Gasteiger partial charge in [-0.25, -0.2) is 4.39 Å². The van der Waals surface area contributed by atoms with E-state index in [0.717, 1.165) is 22.4 Å². The second-order valence-corrected chi connectivity index (χ2v) is 4.51. The van der Waals surface area contributed by atoms with Crippen LogP contribution >= 0.6 is 0 Å². The van der Waals surface area contributed by atoms with Gasteiger partial charge < -0.3 is 5.11 Å². The molecule has 3 nitrogen and oxygen atoms in total. The van der Waals surface area contributed by atoms with Gasteiger partial charge in [0.2, 0.25) is 0 Å². The van der Waals surface area contributed by atoms with Gasteiger partial charge in [-0.1, -0.05) is 6.07 Å². The monoisotopic (exact) mass is 259 g/mol. The number of halogens is 1. The lowest BCUT2D eigenvalue weighted by molar-refractivity contribution is -0.136. The van der Waals surface area contributed by atoms with Crippen LogP contribution in [0.2, 0.25) is 0 Å². The van der Waals surface area contributed by atoms with Crippen LogP contribution in [0.5, 0.6) is 0 Å². The van der Waals surface area contributed by atoms with Gasteiger partial charge in [-0.2, -0.15) is 0 Å². The molecule has 0 aliphatic rings. The summed E-state index contributed by atoms with van der Waals surface area (Å²) in [5.41, 5.74) is 3.55. The summed E-state index contributed by atoms with van der Waals surface area (Å²) in [5.74, 6) is -1.52. The van der Waals surface area contributed by atoms with Crippen LogP contribution in [0.3, 0.4) is 0 Å². The molecule has 98 valence electrons. The van der Waals surface area contributed by atoms with E-state index < -0.39 is 11.8 Å². The lowest BCUT2D eigenvalue weighted by atomic mass is 9.97. The van der Waals surface area contributed by atoms with E-state index in [9.17, 15) is 9.18 Å². The molecule has 0 saturated carbocycles. The smallest absolute Gasteiger partial charge is 0.307 e. The summed E-state index contributed by atoms with van der Waals surface area (Å²) < 4.78 is 13.9. The van der Waals surface area contributed by atoms with Crippen LogP contribution < -0.4 is 0 Å². The minimum atomic E-state index is -1.04. The van der Waals surface area contributed by atoms with Crippen LogP contribution in [0.1, 0.15) is 16.8 Å². The summed E-state index contributed by atoms with van der Waals surface area (Å²) in [7, 11) is 0. The maximum Gasteiger partial charge on any atom is 0.307 e. The largest absolute Gasteiger partial charge is 0.481 e. The minimum absolute atomic E-state index is 0.208. The molecular weight excluding hydrogens is 245 g/mol. The maximum atomic E-state index is 13.9. The molecule has 19 heavy (non-hydrogen) atoms. The van der Waals surface area contributed by atoms with Crippen LogP contribution in [-0.4, -0.2) is 16.1 Å². The van der Waals surface area contributed by atoms with Crippen molar-refractivity contribution in [3.8, 4) is 11.1 Å². The van der Waals surface area contributed by atoms with Crippen LogP contribution in [0, 0.1) is 19.7 Å². The first-order valence-corrected chi connectivity index (χ1v) is 5.91. The van der Waals surface area contributed by atoms with E-state index in [1.165, 1.54) is 6.07 Å². The Bertz CT molecular complexity index is 638. The lowest BCUT2D eigenvalue weighted by Gasteiger charge is -2.10. The number of rotatable bonds is 3. The van der Waals surface area contributed by atoms with E-state index in [-0.39, 0.29) is 12.0 Å². The lowest BCUT2D eigenvalue weighted by Crippen LogP contribution is -2.03. The fourth-order valence-electron chi connectivity index (χ4n) is 2.06. The number of hydrogen-bond donors (Lipinski definition) is 1. The van der Waals surface area contributed by atoms with Crippen LogP contribution in [0.15, 0.2) is 30.5 Å². The standard InChI is InChI=1S/C15H14FNO2/c1-9-5-12(7-15(18)19)14(16)8-13(9)11-3-4-17-10(2)6-11/h3-6,8H,7H2,1-2H3,(H,18,19). The van der Waals surface area contributed by atoms with E-state index in [1.54, 1.807) is 12.3 Å². The Balaban J connectivity index is 2.49. The topological polar surface area (TPSA) is 50.2 Å². The summed E-state index contributed by atoms with van der Waals surface area (Å²) in [5, 5.41) is 8.73. The van der Waals surface area contributed by atoms with E-state index in [2.05, 4.69) is 4.98 Å². The van der Waals surface area contributed by atoms with Gasteiger partial charge in [-0.15, -0.1) is 0 Å². The van der Waals surface area contributed by atoms with Crippen molar-refractivity contribution >= 4 is 5.97 Å². The first-order chi connectivity index (χ1) is 8.97. The van der Waals surface area contributed by atoms with Crippen molar-refractivity contribution in [2.75, 3.05) is 0 Å². The third-order valence-corrected chi connectivity index (χ3v) is 2.94. The fraction of sp³-hybridized carbons (Fsp3) is 0.200. The van der Waals surface area contributed by atoms with Crippen LogP contribution in [0.25, 0.3) is 11.1 Å². The molecule has 0 aliphatic heterocycles. The predicted octanol–water partition coefficient (Wildman–Crippen LogP) is 3.13. The highest BCUT2D eigenvalue weighted by atomic mass is 19.1. The molecule has 0 aliphatic carbocycles. The first kappa shape index (κ1) is 13.2. The Morgan fingerprint density at radius 2 is 2.05 bits per heavy atom. The summed E-state index contributed by atoms with van der Waals surface area (Å²) in [6.45, 7) is 3.71. The Morgan fingerprint density at radius 1 is 1.32 bits per heavy atom. The molecule has 0 saturated heterocycles. The molecule has 0 unspecified atom stereocenters. The van der Waals surface area contributed by atoms with E-state index in [4.69, 9.17) is 5.11 Å². The number of carboxylic acid groups (broad SMARTS) is 1. The first-order valence-electron chi connectivity index (χ1n) is 5.91. The molecule has 0 bridgehead atoms. The fourth-order valence-corrected chi connectivity index (χ4v) is 2.06. The predicted molar refractivity (Wildman–Crippen MR) is 70.4 cm³/mol. The molecule has 1 heterocycles. The van der Waals surface area contributed by atoms with Gasteiger partial charge in [-0.3, -0.25) is 9.78 Å². The van der Waals surface area contributed by atoms with Crippen molar-refractivity contribution < 1.29 is 14.3 Å². The van der Waals surface area contributed by atoms with Crippen molar-refractivity contribution in [3.63, 3.8) is 0 Å². The number of aromatic nitrogens is 1. The molecule has 1 aromatic carbocycles. The third kappa shape index (κ3) is 2.96. The Labute approximate surface area is 110 Å². The van der Waals surface area contributed by atoms with Crippen molar-refractivity contribution in [1.82, 2.24) is 4.98 Å². The van der Waals surface area contributed by atoms with E-state index >= 15 is 0 Å². The number of benzene rings is 1. The molecule has 0 fully saturated rings. The third-order valence-electron chi connectivity index (χ3n) is 2.94. The summed E-state index contributed by atoms with van der Waals surface area (Å²) in [6, 6.07) is 6.67. The zero-order valence-corrected chi connectivity index (χ0v) is 10.8. The molecule has 0 radical (unpaired) electrons. The highest BCUT2D eigenvalue weighted by molar-refractivity contribution is 5.72. The number of carboxylic acids is 1. The highest BCUT2D eigenvalue weighted by Crippen LogP contribution is 2.26. The molecule has 4 heteroatoms. The van der Waals surface area contributed by atoms with Crippen molar-refractivity contribution in [2.24, 2.45) is 0 Å². The normalized spacial score (nSPS) is 10.5.